The molecule has 0 saturated heterocycles. The molecule has 0 heterocycles. The molecule has 1 aromatic rings. The quantitative estimate of drug-likeness (QED) is 0.147. The van der Waals surface area contributed by atoms with Gasteiger partial charge in [0.15, 0.2) is 0 Å². The van der Waals surface area contributed by atoms with Crippen molar-refractivity contribution in [3.63, 3.8) is 0 Å². The number of carbonyl (C=O) groups excluding carboxylic acids is 2. The maximum Gasteiger partial charge on any atom is 0.332 e. The molecule has 1 aromatic carbocycles. The number of aryl methyl sites for hydroxylation is 1. The maximum absolute atomic E-state index is 12.3. The first-order chi connectivity index (χ1) is 14.1. The van der Waals surface area contributed by atoms with Crippen molar-refractivity contribution in [3.8, 4) is 0 Å². The van der Waals surface area contributed by atoms with Crippen LogP contribution in [0.3, 0.4) is 0 Å². The van der Waals surface area contributed by atoms with E-state index in [-0.39, 0.29) is 11.7 Å². The van der Waals surface area contributed by atoms with Gasteiger partial charge in [-0.3, -0.25) is 4.18 Å². The highest BCUT2D eigenvalue weighted by Crippen LogP contribution is 2.13. The van der Waals surface area contributed by atoms with Crippen LogP contribution in [-0.2, 0) is 23.8 Å². The molecule has 30 heavy (non-hydrogen) atoms. The zero-order chi connectivity index (χ0) is 22.6. The van der Waals surface area contributed by atoms with E-state index >= 15 is 0 Å². The van der Waals surface area contributed by atoms with Crippen LogP contribution < -0.4 is 22.3 Å². The molecule has 0 aliphatic carbocycles. The summed E-state index contributed by atoms with van der Waals surface area (Å²) < 4.78 is 40.2. The van der Waals surface area contributed by atoms with Crippen molar-refractivity contribution in [2.24, 2.45) is 21.7 Å². The molecule has 0 fully saturated rings. The Balaban J connectivity index is 2.65. The van der Waals surface area contributed by atoms with Gasteiger partial charge in [0, 0.05) is 0 Å². The number of hydrazone groups is 2. The number of nitrogens with two attached hydrogens (primary N) is 2. The van der Waals surface area contributed by atoms with E-state index in [1.54, 1.807) is 19.1 Å². The number of carbonyl (C=O) groups is 2. The predicted molar refractivity (Wildman–Crippen MR) is 107 cm³/mol. The van der Waals surface area contributed by atoms with Crippen molar-refractivity contribution in [2.45, 2.75) is 31.0 Å². The molecule has 0 saturated carbocycles. The molecule has 166 valence electrons. The third-order valence-electron chi connectivity index (χ3n) is 3.18. The number of urea groups is 2. The predicted octanol–water partition coefficient (Wildman–Crippen LogP) is -0.244. The highest BCUT2D eigenvalue weighted by Gasteiger charge is 2.18. The molecule has 13 nitrogen and oxygen atoms in total. The van der Waals surface area contributed by atoms with Crippen LogP contribution in [0.5, 0.6) is 0 Å². The number of hydrogen-bond acceptors (Lipinski definition) is 9. The lowest BCUT2D eigenvalue weighted by Crippen LogP contribution is -2.29. The number of primary amides is 2. The Morgan fingerprint density at radius 3 is 2.20 bits per heavy atom. The van der Waals surface area contributed by atoms with Gasteiger partial charge >= 0.3 is 12.1 Å². The summed E-state index contributed by atoms with van der Waals surface area (Å²) in [6, 6.07) is 4.33. The fourth-order valence-corrected chi connectivity index (χ4v) is 2.65. The Labute approximate surface area is 173 Å². The molecular formula is C16H24N6O7S. The van der Waals surface area contributed by atoms with Crippen molar-refractivity contribution in [2.75, 3.05) is 13.4 Å². The fourth-order valence-electron chi connectivity index (χ4n) is 1.73. The first kappa shape index (κ1) is 25.0. The van der Waals surface area contributed by atoms with Crippen LogP contribution in [0.25, 0.3) is 0 Å². The van der Waals surface area contributed by atoms with Crippen molar-refractivity contribution in [1.29, 1.82) is 0 Å². The lowest BCUT2D eigenvalue weighted by Gasteiger charge is -2.15. The van der Waals surface area contributed by atoms with Crippen LogP contribution in [0.2, 0.25) is 0 Å². The van der Waals surface area contributed by atoms with Gasteiger partial charge in [-0.2, -0.15) is 18.6 Å². The molecule has 0 aliphatic rings. The largest absolute Gasteiger partial charge is 0.350 e. The van der Waals surface area contributed by atoms with Crippen molar-refractivity contribution in [1.82, 2.24) is 10.9 Å². The monoisotopic (exact) mass is 444 g/mol. The summed E-state index contributed by atoms with van der Waals surface area (Å²) in [5.41, 5.74) is 14.6. The van der Waals surface area contributed by atoms with Crippen LogP contribution in [0, 0.1) is 6.92 Å². The topological polar surface area (TPSA) is 197 Å². The SMILES string of the molecule is Cc1ccc(S(=O)(=O)OC[C@@H](/C=N/NC(N)=O)OCO[C@@H](C)/C=N/NC(N)=O)cc1. The smallest absolute Gasteiger partial charge is 0.332 e. The van der Waals surface area contributed by atoms with E-state index in [0.29, 0.717) is 0 Å². The van der Waals surface area contributed by atoms with Gasteiger partial charge in [-0.1, -0.05) is 17.7 Å². The molecule has 14 heteroatoms. The summed E-state index contributed by atoms with van der Waals surface area (Å²) >= 11 is 0. The van der Waals surface area contributed by atoms with Crippen molar-refractivity contribution < 1.29 is 31.7 Å². The third kappa shape index (κ3) is 10.5. The molecule has 0 spiro atoms. The molecular weight excluding hydrogens is 420 g/mol. The molecule has 0 aliphatic heterocycles. The van der Waals surface area contributed by atoms with E-state index in [1.807, 2.05) is 17.8 Å². The highest BCUT2D eigenvalue weighted by atomic mass is 32.2. The second-order valence-corrected chi connectivity index (χ2v) is 7.37. The zero-order valence-electron chi connectivity index (χ0n) is 16.3. The number of amides is 4. The van der Waals surface area contributed by atoms with E-state index in [4.69, 9.17) is 25.1 Å². The number of hydrogen-bond donors (Lipinski definition) is 4. The number of ether oxygens (including phenoxy) is 2. The van der Waals surface area contributed by atoms with Crippen LogP contribution in [0.15, 0.2) is 39.4 Å². The number of rotatable bonds is 12. The number of nitrogens with one attached hydrogen (secondary N) is 2. The average molecular weight is 444 g/mol. The van der Waals surface area contributed by atoms with E-state index in [9.17, 15) is 18.0 Å². The molecule has 2 atom stereocenters. The van der Waals surface area contributed by atoms with Crippen LogP contribution in [0.4, 0.5) is 9.59 Å². The summed E-state index contributed by atoms with van der Waals surface area (Å²) in [6.45, 7) is 2.66. The molecule has 1 rings (SSSR count). The van der Waals surface area contributed by atoms with Gasteiger partial charge in [0.05, 0.1) is 30.0 Å². The zero-order valence-corrected chi connectivity index (χ0v) is 17.2. The minimum Gasteiger partial charge on any atom is -0.350 e. The van der Waals surface area contributed by atoms with Gasteiger partial charge in [-0.05, 0) is 26.0 Å². The number of benzene rings is 1. The molecule has 4 amide bonds. The van der Waals surface area contributed by atoms with Gasteiger partial charge in [-0.15, -0.1) is 0 Å². The standard InChI is InChI=1S/C16H24N6O7S/c1-11-3-5-14(6-4-11)30(25,26)29-9-13(8-20-22-16(18)24)28-10-27-12(2)7-19-21-15(17)23/h3-8,12-13H,9-10H2,1-2H3,(H3,17,21,23)(H3,18,22,24)/b19-7+,20-8+/t12-,13+/m0/s1. The van der Waals surface area contributed by atoms with Gasteiger partial charge in [0.25, 0.3) is 10.1 Å². The Hall–Kier alpha value is -3.07. The normalized spacial score (nSPS) is 13.9. The van der Waals surface area contributed by atoms with Crippen LogP contribution in [-0.4, -0.2) is 58.5 Å². The third-order valence-corrected chi connectivity index (χ3v) is 4.48. The molecule has 0 radical (unpaired) electrons. The lowest BCUT2D eigenvalue weighted by molar-refractivity contribution is -0.0855. The highest BCUT2D eigenvalue weighted by molar-refractivity contribution is 7.86. The van der Waals surface area contributed by atoms with Gasteiger partial charge in [0.2, 0.25) is 0 Å². The van der Waals surface area contributed by atoms with Gasteiger partial charge in [0.1, 0.15) is 12.9 Å². The summed E-state index contributed by atoms with van der Waals surface area (Å²) in [4.78, 5) is 21.2. The first-order valence-corrected chi connectivity index (χ1v) is 9.87. The molecule has 0 bridgehead atoms. The Kier molecular flexibility index (Phi) is 10.4. The van der Waals surface area contributed by atoms with Crippen molar-refractivity contribution >= 4 is 34.6 Å². The maximum atomic E-state index is 12.3. The van der Waals surface area contributed by atoms with Crippen LogP contribution in [0.1, 0.15) is 12.5 Å². The molecule has 0 unspecified atom stereocenters. The minimum atomic E-state index is -4.04. The molecule has 0 aromatic heterocycles. The second-order valence-electron chi connectivity index (χ2n) is 5.75. The van der Waals surface area contributed by atoms with Gasteiger partial charge < -0.3 is 20.9 Å². The summed E-state index contributed by atoms with van der Waals surface area (Å²) in [7, 11) is -4.04. The number of nitrogens with zero attached hydrogens (tertiary/aromatic N) is 2. The second kappa shape index (κ2) is 12.5. The Morgan fingerprint density at radius 1 is 1.07 bits per heavy atom. The van der Waals surface area contributed by atoms with E-state index in [2.05, 4.69) is 10.2 Å². The van der Waals surface area contributed by atoms with E-state index < -0.39 is 41.0 Å². The lowest BCUT2D eigenvalue weighted by atomic mass is 10.2. The first-order valence-electron chi connectivity index (χ1n) is 8.46. The summed E-state index contributed by atoms with van der Waals surface area (Å²) in [5.74, 6) is 0. The van der Waals surface area contributed by atoms with Crippen LogP contribution >= 0.6 is 0 Å². The van der Waals surface area contributed by atoms with Crippen molar-refractivity contribution in [3.05, 3.63) is 29.8 Å². The molecule has 6 N–H and O–H groups in total. The summed E-state index contributed by atoms with van der Waals surface area (Å²) in [5, 5.41) is 7.05. The van der Waals surface area contributed by atoms with Gasteiger partial charge in [-0.25, -0.2) is 20.4 Å². The minimum absolute atomic E-state index is 0.0258. The van der Waals surface area contributed by atoms with E-state index in [1.165, 1.54) is 18.3 Å². The average Bonchev–Trinajstić information content (AvgIpc) is 2.65. The Morgan fingerprint density at radius 2 is 1.63 bits per heavy atom. The van der Waals surface area contributed by atoms with E-state index in [0.717, 1.165) is 11.8 Å². The fraction of sp³-hybridized carbons (Fsp3) is 0.375. The Bertz CT molecular complexity index is 857. The summed E-state index contributed by atoms with van der Waals surface area (Å²) in [6.07, 6.45) is 0.761.